The minimum atomic E-state index is 0.362. The lowest BCUT2D eigenvalue weighted by Crippen LogP contribution is -1.96. The molecule has 2 rings (SSSR count). The van der Waals surface area contributed by atoms with E-state index in [2.05, 4.69) is 23.1 Å². The van der Waals surface area contributed by atoms with Crippen molar-refractivity contribution in [2.45, 2.75) is 0 Å². The van der Waals surface area contributed by atoms with Gasteiger partial charge in [-0.25, -0.2) is 9.97 Å². The standard InChI is InChI=1S/C10H9ClN4/c1-3-6(2)15-4-7(11)8-9(12)13-5-14-10(8)15/h3-5H,1-2H2,(H2,12,13,14). The maximum Gasteiger partial charge on any atom is 0.151 e. The Bertz CT molecular complexity index is 556. The van der Waals surface area contributed by atoms with Crippen molar-refractivity contribution in [3.8, 4) is 0 Å². The molecule has 0 bridgehead atoms. The van der Waals surface area contributed by atoms with Crippen LogP contribution in [0.5, 0.6) is 0 Å². The first kappa shape index (κ1) is 9.73. The van der Waals surface area contributed by atoms with Crippen LogP contribution in [0.25, 0.3) is 16.7 Å². The summed E-state index contributed by atoms with van der Waals surface area (Å²) in [6.07, 6.45) is 4.70. The second kappa shape index (κ2) is 3.40. The number of fused-ring (bicyclic) bond motifs is 1. The van der Waals surface area contributed by atoms with Gasteiger partial charge in [0, 0.05) is 11.9 Å². The van der Waals surface area contributed by atoms with E-state index in [1.165, 1.54) is 6.33 Å². The molecule has 0 aliphatic rings. The van der Waals surface area contributed by atoms with Crippen LogP contribution in [0, 0.1) is 0 Å². The van der Waals surface area contributed by atoms with E-state index < -0.39 is 0 Å². The molecule has 2 aromatic heterocycles. The van der Waals surface area contributed by atoms with Crippen LogP contribution in [-0.2, 0) is 0 Å². The van der Waals surface area contributed by atoms with Crippen molar-refractivity contribution in [1.82, 2.24) is 14.5 Å². The van der Waals surface area contributed by atoms with E-state index in [-0.39, 0.29) is 0 Å². The lowest BCUT2D eigenvalue weighted by atomic mass is 10.4. The van der Waals surface area contributed by atoms with E-state index in [0.29, 0.717) is 27.6 Å². The van der Waals surface area contributed by atoms with E-state index in [9.17, 15) is 0 Å². The number of aromatic nitrogens is 3. The molecule has 0 unspecified atom stereocenters. The van der Waals surface area contributed by atoms with Crippen LogP contribution < -0.4 is 5.73 Å². The zero-order chi connectivity index (χ0) is 11.0. The molecule has 0 aliphatic heterocycles. The Morgan fingerprint density at radius 1 is 1.53 bits per heavy atom. The number of halogens is 1. The maximum atomic E-state index is 6.03. The van der Waals surface area contributed by atoms with E-state index >= 15 is 0 Å². The van der Waals surface area contributed by atoms with Gasteiger partial charge in [0.2, 0.25) is 0 Å². The van der Waals surface area contributed by atoms with Gasteiger partial charge in [-0.1, -0.05) is 24.8 Å². The lowest BCUT2D eigenvalue weighted by molar-refractivity contribution is 1.12. The van der Waals surface area contributed by atoms with Crippen LogP contribution in [0.2, 0.25) is 5.02 Å². The summed E-state index contributed by atoms with van der Waals surface area (Å²) in [4.78, 5) is 7.99. The molecule has 2 N–H and O–H groups in total. The van der Waals surface area contributed by atoms with Crippen molar-refractivity contribution < 1.29 is 0 Å². The molecule has 0 aliphatic carbocycles. The van der Waals surface area contributed by atoms with Gasteiger partial charge in [0.15, 0.2) is 5.65 Å². The minimum absolute atomic E-state index is 0.362. The molecule has 0 spiro atoms. The predicted octanol–water partition coefficient (Wildman–Crippen LogP) is 2.32. The van der Waals surface area contributed by atoms with Crippen molar-refractivity contribution in [2.24, 2.45) is 0 Å². The second-order valence-corrected chi connectivity index (χ2v) is 3.41. The van der Waals surface area contributed by atoms with Gasteiger partial charge in [-0.15, -0.1) is 0 Å². The normalized spacial score (nSPS) is 10.5. The zero-order valence-corrected chi connectivity index (χ0v) is 8.70. The van der Waals surface area contributed by atoms with Gasteiger partial charge in [0.05, 0.1) is 10.4 Å². The van der Waals surface area contributed by atoms with E-state index in [1.54, 1.807) is 16.8 Å². The summed E-state index contributed by atoms with van der Waals surface area (Å²) in [5.74, 6) is 0.362. The first-order valence-electron chi connectivity index (χ1n) is 4.24. The monoisotopic (exact) mass is 220 g/mol. The molecule has 4 nitrogen and oxygen atoms in total. The Kier molecular flexibility index (Phi) is 2.21. The average Bonchev–Trinajstić information content (AvgIpc) is 2.56. The highest BCUT2D eigenvalue weighted by molar-refractivity contribution is 6.36. The first-order chi connectivity index (χ1) is 7.15. The minimum Gasteiger partial charge on any atom is -0.383 e. The highest BCUT2D eigenvalue weighted by atomic mass is 35.5. The second-order valence-electron chi connectivity index (χ2n) is 3.00. The average molecular weight is 221 g/mol. The summed E-state index contributed by atoms with van der Waals surface area (Å²) < 4.78 is 1.72. The third-order valence-corrected chi connectivity index (χ3v) is 2.40. The molecule has 2 aromatic rings. The Morgan fingerprint density at radius 2 is 2.27 bits per heavy atom. The lowest BCUT2D eigenvalue weighted by Gasteiger charge is -2.02. The molecule has 0 aromatic carbocycles. The third-order valence-electron chi connectivity index (χ3n) is 2.11. The Morgan fingerprint density at radius 3 is 2.93 bits per heavy atom. The Balaban J connectivity index is 2.84. The Hall–Kier alpha value is -1.81. The number of hydrogen-bond donors (Lipinski definition) is 1. The number of allylic oxidation sites excluding steroid dienone is 2. The number of hydrogen-bond acceptors (Lipinski definition) is 3. The van der Waals surface area contributed by atoms with Gasteiger partial charge >= 0.3 is 0 Å². The summed E-state index contributed by atoms with van der Waals surface area (Å²) in [7, 11) is 0. The van der Waals surface area contributed by atoms with Gasteiger partial charge in [0.25, 0.3) is 0 Å². The summed E-state index contributed by atoms with van der Waals surface area (Å²) in [5.41, 5.74) is 7.03. The van der Waals surface area contributed by atoms with Crippen LogP contribution in [0.3, 0.4) is 0 Å². The molecule has 0 amide bonds. The zero-order valence-electron chi connectivity index (χ0n) is 7.94. The quantitative estimate of drug-likeness (QED) is 0.791. The molecule has 0 saturated carbocycles. The van der Waals surface area contributed by atoms with Crippen molar-refractivity contribution in [1.29, 1.82) is 0 Å². The smallest absolute Gasteiger partial charge is 0.151 e. The molecule has 0 fully saturated rings. The third kappa shape index (κ3) is 1.39. The highest BCUT2D eigenvalue weighted by Gasteiger charge is 2.12. The van der Waals surface area contributed by atoms with Crippen LogP contribution in [0.1, 0.15) is 0 Å². The first-order valence-corrected chi connectivity index (χ1v) is 4.61. The molecule has 5 heteroatoms. The van der Waals surface area contributed by atoms with Crippen molar-refractivity contribution in [3.63, 3.8) is 0 Å². The summed E-state index contributed by atoms with van der Waals surface area (Å²) in [6, 6.07) is 0. The topological polar surface area (TPSA) is 56.7 Å². The van der Waals surface area contributed by atoms with E-state index in [1.807, 2.05) is 0 Å². The summed E-state index contributed by atoms with van der Waals surface area (Å²) >= 11 is 6.03. The van der Waals surface area contributed by atoms with E-state index in [0.717, 1.165) is 0 Å². The number of nitrogens with two attached hydrogens (primary N) is 1. The summed E-state index contributed by atoms with van der Waals surface area (Å²) in [6.45, 7) is 7.46. The number of anilines is 1. The van der Waals surface area contributed by atoms with Crippen molar-refractivity contribution >= 4 is 34.1 Å². The van der Waals surface area contributed by atoms with Crippen molar-refractivity contribution in [2.75, 3.05) is 5.73 Å². The van der Waals surface area contributed by atoms with Gasteiger partial charge in [-0.05, 0) is 6.08 Å². The van der Waals surface area contributed by atoms with E-state index in [4.69, 9.17) is 17.3 Å². The molecule has 0 saturated heterocycles. The predicted molar refractivity (Wildman–Crippen MR) is 62.5 cm³/mol. The molecular formula is C10H9ClN4. The van der Waals surface area contributed by atoms with Gasteiger partial charge in [-0.2, -0.15) is 0 Å². The van der Waals surface area contributed by atoms with Crippen LogP contribution >= 0.6 is 11.6 Å². The summed E-state index contributed by atoms with van der Waals surface area (Å²) in [5, 5.41) is 1.15. The Labute approximate surface area is 91.7 Å². The highest BCUT2D eigenvalue weighted by Crippen LogP contribution is 2.29. The molecular weight excluding hydrogens is 212 g/mol. The van der Waals surface area contributed by atoms with Gasteiger partial charge < -0.3 is 10.3 Å². The largest absolute Gasteiger partial charge is 0.383 e. The van der Waals surface area contributed by atoms with Gasteiger partial charge in [0.1, 0.15) is 12.1 Å². The van der Waals surface area contributed by atoms with Gasteiger partial charge in [-0.3, -0.25) is 0 Å². The number of nitrogen functional groups attached to an aromatic ring is 1. The maximum absolute atomic E-state index is 6.03. The molecule has 0 atom stereocenters. The SMILES string of the molecule is C=CC(=C)n1cc(Cl)c2c(N)ncnc21. The fourth-order valence-electron chi connectivity index (χ4n) is 1.36. The number of nitrogens with zero attached hydrogens (tertiary/aromatic N) is 3. The molecule has 0 radical (unpaired) electrons. The molecule has 2 heterocycles. The van der Waals surface area contributed by atoms with Crippen LogP contribution in [0.4, 0.5) is 5.82 Å². The number of rotatable bonds is 2. The van der Waals surface area contributed by atoms with Crippen molar-refractivity contribution in [3.05, 3.63) is 36.8 Å². The van der Waals surface area contributed by atoms with Crippen LogP contribution in [-0.4, -0.2) is 14.5 Å². The fraction of sp³-hybridized carbons (Fsp3) is 0. The fourth-order valence-corrected chi connectivity index (χ4v) is 1.64. The molecule has 15 heavy (non-hydrogen) atoms. The van der Waals surface area contributed by atoms with Crippen LogP contribution in [0.15, 0.2) is 31.8 Å². The molecule has 76 valence electrons.